The molecule has 0 amide bonds. The molecule has 2 aromatic carbocycles. The summed E-state index contributed by atoms with van der Waals surface area (Å²) >= 11 is 1.70. The second-order valence-corrected chi connectivity index (χ2v) is 6.90. The fourth-order valence-electron chi connectivity index (χ4n) is 3.22. The Labute approximate surface area is 128 Å². The smallest absolute Gasteiger partial charge is 0.0964 e. The highest BCUT2D eigenvalue weighted by Crippen LogP contribution is 2.31. The van der Waals surface area contributed by atoms with Gasteiger partial charge in [-0.05, 0) is 42.0 Å². The highest BCUT2D eigenvalue weighted by molar-refractivity contribution is 7.18. The van der Waals surface area contributed by atoms with E-state index in [1.54, 1.807) is 11.3 Å². The summed E-state index contributed by atoms with van der Waals surface area (Å²) in [5.74, 6) is 0.328. The zero-order valence-corrected chi connectivity index (χ0v) is 12.5. The van der Waals surface area contributed by atoms with Crippen LogP contribution >= 0.6 is 11.3 Å². The van der Waals surface area contributed by atoms with Crippen LogP contribution < -0.4 is 0 Å². The Morgan fingerprint density at radius 3 is 2.43 bits per heavy atom. The van der Waals surface area contributed by atoms with Gasteiger partial charge in [0, 0.05) is 6.42 Å². The molecule has 4 rings (SSSR count). The lowest BCUT2D eigenvalue weighted by Gasteiger charge is -2.16. The van der Waals surface area contributed by atoms with Gasteiger partial charge < -0.3 is 5.11 Å². The van der Waals surface area contributed by atoms with Gasteiger partial charge in [0.2, 0.25) is 0 Å². The average Bonchev–Trinajstić information content (AvgIpc) is 3.10. The average molecular weight is 295 g/mol. The molecule has 0 fully saturated rings. The highest BCUT2D eigenvalue weighted by Gasteiger charge is 2.27. The largest absolute Gasteiger partial charge is 0.392 e. The van der Waals surface area contributed by atoms with E-state index in [9.17, 15) is 5.11 Å². The van der Waals surface area contributed by atoms with Gasteiger partial charge in [-0.1, -0.05) is 36.4 Å². The number of benzene rings is 2. The van der Waals surface area contributed by atoms with Gasteiger partial charge in [0.15, 0.2) is 0 Å². The van der Waals surface area contributed by atoms with Crippen molar-refractivity contribution in [3.8, 4) is 0 Å². The number of rotatable bonds is 3. The molecule has 1 N–H and O–H groups in total. The third-order valence-corrected chi connectivity index (χ3v) is 5.41. The lowest BCUT2D eigenvalue weighted by molar-refractivity contribution is 0.113. The fraction of sp³-hybridized carbons (Fsp3) is 0.278. The molecular formula is C18H17NOS. The van der Waals surface area contributed by atoms with Crippen LogP contribution in [0.2, 0.25) is 0 Å². The number of fused-ring (bicyclic) bond motifs is 2. The van der Waals surface area contributed by atoms with Crippen molar-refractivity contribution in [3.05, 3.63) is 64.7 Å². The summed E-state index contributed by atoms with van der Waals surface area (Å²) in [7, 11) is 0. The molecule has 0 radical (unpaired) electrons. The van der Waals surface area contributed by atoms with Gasteiger partial charge in [0.1, 0.15) is 0 Å². The van der Waals surface area contributed by atoms with Crippen LogP contribution in [0.15, 0.2) is 48.5 Å². The van der Waals surface area contributed by atoms with E-state index in [-0.39, 0.29) is 6.10 Å². The van der Waals surface area contributed by atoms with E-state index >= 15 is 0 Å². The van der Waals surface area contributed by atoms with Crippen molar-refractivity contribution < 1.29 is 5.11 Å². The van der Waals surface area contributed by atoms with E-state index in [0.717, 1.165) is 23.4 Å². The Morgan fingerprint density at radius 2 is 1.71 bits per heavy atom. The molecule has 0 spiro atoms. The van der Waals surface area contributed by atoms with Gasteiger partial charge in [-0.3, -0.25) is 0 Å². The van der Waals surface area contributed by atoms with Gasteiger partial charge >= 0.3 is 0 Å². The van der Waals surface area contributed by atoms with Crippen LogP contribution in [0.1, 0.15) is 16.1 Å². The SMILES string of the molecule is OC(Cc1nc2ccccc2s1)C1Cc2ccccc2C1. The van der Waals surface area contributed by atoms with E-state index in [1.807, 2.05) is 18.2 Å². The molecule has 1 aromatic heterocycles. The van der Waals surface area contributed by atoms with E-state index in [2.05, 4.69) is 35.3 Å². The van der Waals surface area contributed by atoms with Gasteiger partial charge in [-0.2, -0.15) is 0 Å². The van der Waals surface area contributed by atoms with E-state index in [4.69, 9.17) is 0 Å². The van der Waals surface area contributed by atoms with Gasteiger partial charge in [-0.25, -0.2) is 4.98 Å². The molecule has 3 aromatic rings. The minimum Gasteiger partial charge on any atom is -0.392 e. The maximum atomic E-state index is 10.6. The lowest BCUT2D eigenvalue weighted by atomic mass is 9.97. The quantitative estimate of drug-likeness (QED) is 0.800. The topological polar surface area (TPSA) is 33.1 Å². The number of aliphatic hydroxyl groups is 1. The molecule has 1 aliphatic rings. The summed E-state index contributed by atoms with van der Waals surface area (Å²) in [4.78, 5) is 4.63. The van der Waals surface area contributed by atoms with E-state index < -0.39 is 0 Å². The van der Waals surface area contributed by atoms with Crippen molar-refractivity contribution in [3.63, 3.8) is 0 Å². The summed E-state index contributed by atoms with van der Waals surface area (Å²) < 4.78 is 1.20. The third-order valence-electron chi connectivity index (χ3n) is 4.35. The summed E-state index contributed by atoms with van der Waals surface area (Å²) in [6.07, 6.45) is 2.33. The minimum atomic E-state index is -0.307. The molecule has 1 atom stereocenters. The maximum Gasteiger partial charge on any atom is 0.0964 e. The van der Waals surface area contributed by atoms with Crippen molar-refractivity contribution in [1.29, 1.82) is 0 Å². The number of hydrogen-bond donors (Lipinski definition) is 1. The Morgan fingerprint density at radius 1 is 1.05 bits per heavy atom. The predicted molar refractivity (Wildman–Crippen MR) is 86.7 cm³/mol. The first-order valence-electron chi connectivity index (χ1n) is 7.39. The summed E-state index contributed by atoms with van der Waals surface area (Å²) in [6.45, 7) is 0. The standard InChI is InChI=1S/C18H17NOS/c20-16(14-9-12-5-1-2-6-13(12)10-14)11-18-19-15-7-3-4-8-17(15)21-18/h1-8,14,16,20H,9-11H2. The second kappa shape index (κ2) is 5.24. The highest BCUT2D eigenvalue weighted by atomic mass is 32.1. The second-order valence-electron chi connectivity index (χ2n) is 5.78. The van der Waals surface area contributed by atoms with Crippen LogP contribution in [0, 0.1) is 5.92 Å². The summed E-state index contributed by atoms with van der Waals surface area (Å²) in [5.41, 5.74) is 3.83. The molecule has 3 heteroatoms. The predicted octanol–water partition coefficient (Wildman–Crippen LogP) is 3.61. The van der Waals surface area contributed by atoms with Crippen LogP contribution in [0.4, 0.5) is 0 Å². The zero-order chi connectivity index (χ0) is 14.2. The first-order chi connectivity index (χ1) is 10.3. The van der Waals surface area contributed by atoms with Crippen molar-refractivity contribution in [2.75, 3.05) is 0 Å². The monoisotopic (exact) mass is 295 g/mol. The lowest BCUT2D eigenvalue weighted by Crippen LogP contribution is -2.23. The molecule has 2 nitrogen and oxygen atoms in total. The first-order valence-corrected chi connectivity index (χ1v) is 8.20. The number of hydrogen-bond acceptors (Lipinski definition) is 3. The Hall–Kier alpha value is -1.71. The molecular weight excluding hydrogens is 278 g/mol. The summed E-state index contributed by atoms with van der Waals surface area (Å²) in [6, 6.07) is 16.7. The third kappa shape index (κ3) is 2.47. The number of nitrogens with zero attached hydrogens (tertiary/aromatic N) is 1. The zero-order valence-electron chi connectivity index (χ0n) is 11.7. The van der Waals surface area contributed by atoms with Crippen molar-refractivity contribution >= 4 is 21.6 Å². The first kappa shape index (κ1) is 13.0. The normalized spacial score (nSPS) is 16.2. The van der Waals surface area contributed by atoms with Gasteiger partial charge in [0.05, 0.1) is 21.3 Å². The van der Waals surface area contributed by atoms with E-state index in [0.29, 0.717) is 12.3 Å². The van der Waals surface area contributed by atoms with Crippen LogP contribution in [0.25, 0.3) is 10.2 Å². The Bertz CT molecular complexity index is 721. The van der Waals surface area contributed by atoms with Crippen molar-refractivity contribution in [2.24, 2.45) is 5.92 Å². The number of aromatic nitrogens is 1. The molecule has 0 aliphatic heterocycles. The molecule has 0 saturated carbocycles. The number of thiazole rings is 1. The minimum absolute atomic E-state index is 0.307. The maximum absolute atomic E-state index is 10.6. The van der Waals surface area contributed by atoms with Crippen LogP contribution in [-0.2, 0) is 19.3 Å². The summed E-state index contributed by atoms with van der Waals surface area (Å²) in [5, 5.41) is 11.6. The molecule has 21 heavy (non-hydrogen) atoms. The van der Waals surface area contributed by atoms with Crippen LogP contribution in [0.5, 0.6) is 0 Å². The van der Waals surface area contributed by atoms with Crippen molar-refractivity contribution in [1.82, 2.24) is 4.98 Å². The molecule has 1 unspecified atom stereocenters. The number of para-hydroxylation sites is 1. The molecule has 0 bridgehead atoms. The van der Waals surface area contributed by atoms with E-state index in [1.165, 1.54) is 15.8 Å². The van der Waals surface area contributed by atoms with Gasteiger partial charge in [0.25, 0.3) is 0 Å². The fourth-order valence-corrected chi connectivity index (χ4v) is 4.23. The van der Waals surface area contributed by atoms with Crippen LogP contribution in [0.3, 0.4) is 0 Å². The Kier molecular flexibility index (Phi) is 3.24. The molecule has 106 valence electrons. The van der Waals surface area contributed by atoms with Crippen molar-refractivity contribution in [2.45, 2.75) is 25.4 Å². The molecule has 0 saturated heterocycles. The number of aliphatic hydroxyl groups excluding tert-OH is 1. The Balaban J connectivity index is 1.50. The van der Waals surface area contributed by atoms with Crippen LogP contribution in [-0.4, -0.2) is 16.2 Å². The molecule has 1 aliphatic carbocycles. The molecule has 1 heterocycles. The van der Waals surface area contributed by atoms with Gasteiger partial charge in [-0.15, -0.1) is 11.3 Å².